The third-order valence-electron chi connectivity index (χ3n) is 3.73. The van der Waals surface area contributed by atoms with Crippen LogP contribution in [-0.2, 0) is 10.6 Å². The lowest BCUT2D eigenvalue weighted by atomic mass is 9.99. The Labute approximate surface area is 124 Å². The largest absolute Gasteiger partial charge is 0.462 e. The van der Waals surface area contributed by atoms with Crippen LogP contribution in [0.2, 0.25) is 0 Å². The monoisotopic (exact) mass is 296 g/mol. The fourth-order valence-electron chi connectivity index (χ4n) is 2.65. The van der Waals surface area contributed by atoms with Gasteiger partial charge in [-0.05, 0) is 19.8 Å². The molecule has 0 spiro atoms. The quantitative estimate of drug-likeness (QED) is 0.481. The molecule has 20 heavy (non-hydrogen) atoms. The van der Waals surface area contributed by atoms with Gasteiger partial charge >= 0.3 is 5.97 Å². The van der Waals surface area contributed by atoms with Crippen LogP contribution in [0.4, 0.5) is 0 Å². The highest BCUT2D eigenvalue weighted by atomic mass is 35.5. The molecule has 1 saturated carbocycles. The molecule has 1 heterocycles. The van der Waals surface area contributed by atoms with Gasteiger partial charge in [0, 0.05) is 12.1 Å². The molecule has 5 heteroatoms. The molecule has 0 unspecified atom stereocenters. The number of carbonyl (C=O) groups excluding carboxylic acids is 1. The molecule has 1 fully saturated rings. The molecule has 0 saturated heterocycles. The molecule has 1 aliphatic carbocycles. The van der Waals surface area contributed by atoms with Gasteiger partial charge in [-0.15, -0.1) is 11.6 Å². The van der Waals surface area contributed by atoms with Gasteiger partial charge in [-0.2, -0.15) is 0 Å². The molecule has 0 atom stereocenters. The standard InChI is InChI=1S/C15H21ClN2O2/c1-2-20-15(19)12-10-17-14(18-13(12)9-16)11-7-5-3-4-6-8-11/h10-11H,2-9H2,1H3. The normalized spacial score (nSPS) is 16.7. The van der Waals surface area contributed by atoms with Crippen molar-refractivity contribution in [1.82, 2.24) is 9.97 Å². The van der Waals surface area contributed by atoms with Crippen molar-refractivity contribution in [3.63, 3.8) is 0 Å². The Kier molecular flexibility index (Phi) is 5.77. The van der Waals surface area contributed by atoms with Gasteiger partial charge < -0.3 is 4.74 Å². The molecule has 0 aromatic carbocycles. The third-order valence-corrected chi connectivity index (χ3v) is 3.98. The van der Waals surface area contributed by atoms with Crippen LogP contribution in [-0.4, -0.2) is 22.5 Å². The first kappa shape index (κ1) is 15.2. The van der Waals surface area contributed by atoms with Crippen LogP contribution in [0.15, 0.2) is 6.20 Å². The lowest BCUT2D eigenvalue weighted by Gasteiger charge is -2.14. The number of hydrogen-bond acceptors (Lipinski definition) is 4. The maximum Gasteiger partial charge on any atom is 0.341 e. The molecule has 1 aromatic rings. The van der Waals surface area contributed by atoms with Gasteiger partial charge in [0.2, 0.25) is 0 Å². The van der Waals surface area contributed by atoms with Gasteiger partial charge in [0.1, 0.15) is 11.4 Å². The molecular formula is C15H21ClN2O2. The van der Waals surface area contributed by atoms with Gasteiger partial charge in [0.15, 0.2) is 0 Å². The summed E-state index contributed by atoms with van der Waals surface area (Å²) >= 11 is 5.92. The van der Waals surface area contributed by atoms with Gasteiger partial charge in [-0.25, -0.2) is 14.8 Å². The molecule has 0 aliphatic heterocycles. The molecule has 110 valence electrons. The van der Waals surface area contributed by atoms with E-state index in [2.05, 4.69) is 9.97 Å². The zero-order valence-electron chi connectivity index (χ0n) is 11.9. The van der Waals surface area contributed by atoms with E-state index in [0.29, 0.717) is 23.8 Å². The van der Waals surface area contributed by atoms with Gasteiger partial charge in [0.25, 0.3) is 0 Å². The summed E-state index contributed by atoms with van der Waals surface area (Å²) in [4.78, 5) is 20.7. The topological polar surface area (TPSA) is 52.1 Å². The SMILES string of the molecule is CCOC(=O)c1cnc(C2CCCCCC2)nc1CCl. The zero-order valence-corrected chi connectivity index (χ0v) is 12.7. The first-order valence-electron chi connectivity index (χ1n) is 7.35. The fraction of sp³-hybridized carbons (Fsp3) is 0.667. The number of hydrogen-bond donors (Lipinski definition) is 0. The van der Waals surface area contributed by atoms with Crippen molar-refractivity contribution in [1.29, 1.82) is 0 Å². The van der Waals surface area contributed by atoms with Crippen molar-refractivity contribution in [2.24, 2.45) is 0 Å². The van der Waals surface area contributed by atoms with Gasteiger partial charge in [-0.1, -0.05) is 25.7 Å². The number of ether oxygens (including phenoxy) is 1. The molecule has 0 amide bonds. The molecular weight excluding hydrogens is 276 g/mol. The molecule has 1 aromatic heterocycles. The van der Waals surface area contributed by atoms with Crippen LogP contribution >= 0.6 is 11.6 Å². The van der Waals surface area contributed by atoms with E-state index in [1.165, 1.54) is 25.7 Å². The maximum atomic E-state index is 11.8. The van der Waals surface area contributed by atoms with Gasteiger partial charge in [-0.3, -0.25) is 0 Å². The van der Waals surface area contributed by atoms with Crippen molar-refractivity contribution < 1.29 is 9.53 Å². The first-order valence-corrected chi connectivity index (χ1v) is 7.88. The second kappa shape index (κ2) is 7.58. The summed E-state index contributed by atoms with van der Waals surface area (Å²) in [6.45, 7) is 2.12. The second-order valence-electron chi connectivity index (χ2n) is 5.13. The van der Waals surface area contributed by atoms with Crippen LogP contribution in [0.3, 0.4) is 0 Å². The molecule has 2 rings (SSSR count). The summed E-state index contributed by atoms with van der Waals surface area (Å²) in [5, 5.41) is 0. The lowest BCUT2D eigenvalue weighted by molar-refractivity contribution is 0.0524. The van der Waals surface area contributed by atoms with Gasteiger partial charge in [0.05, 0.1) is 18.2 Å². The smallest absolute Gasteiger partial charge is 0.341 e. The summed E-state index contributed by atoms with van der Waals surface area (Å²) in [5.74, 6) is 1.04. The Balaban J connectivity index is 2.21. The number of aromatic nitrogens is 2. The minimum Gasteiger partial charge on any atom is -0.462 e. The summed E-state index contributed by atoms with van der Waals surface area (Å²) in [5.41, 5.74) is 0.971. The number of halogens is 1. The number of alkyl halides is 1. The number of esters is 1. The van der Waals surface area contributed by atoms with Crippen LogP contribution in [0.5, 0.6) is 0 Å². The maximum absolute atomic E-state index is 11.8. The Morgan fingerprint density at radius 2 is 2.05 bits per heavy atom. The highest BCUT2D eigenvalue weighted by molar-refractivity contribution is 6.17. The Bertz CT molecular complexity index is 457. The molecule has 0 radical (unpaired) electrons. The average Bonchev–Trinajstić information content (AvgIpc) is 2.76. The van der Waals surface area contributed by atoms with E-state index < -0.39 is 5.97 Å². The average molecular weight is 297 g/mol. The number of nitrogens with zero attached hydrogens (tertiary/aromatic N) is 2. The minimum atomic E-state index is -0.393. The Hall–Kier alpha value is -1.16. The fourth-order valence-corrected chi connectivity index (χ4v) is 2.85. The van der Waals surface area contributed by atoms with Crippen molar-refractivity contribution in [3.8, 4) is 0 Å². The van der Waals surface area contributed by atoms with E-state index in [9.17, 15) is 4.79 Å². The van der Waals surface area contributed by atoms with Crippen LogP contribution in [0.1, 0.15) is 73.2 Å². The van der Waals surface area contributed by atoms with Crippen molar-refractivity contribution in [2.45, 2.75) is 57.2 Å². The Morgan fingerprint density at radius 1 is 1.35 bits per heavy atom. The van der Waals surface area contributed by atoms with Crippen molar-refractivity contribution >= 4 is 17.6 Å². The molecule has 4 nitrogen and oxygen atoms in total. The van der Waals surface area contributed by atoms with Crippen LogP contribution < -0.4 is 0 Å². The summed E-state index contributed by atoms with van der Waals surface area (Å²) in [6, 6.07) is 0. The van der Waals surface area contributed by atoms with Crippen molar-refractivity contribution in [3.05, 3.63) is 23.3 Å². The van der Waals surface area contributed by atoms with E-state index in [1.807, 2.05) is 0 Å². The first-order chi connectivity index (χ1) is 9.76. The number of carbonyl (C=O) groups is 1. The molecule has 0 bridgehead atoms. The zero-order chi connectivity index (χ0) is 14.4. The van der Waals surface area contributed by atoms with Crippen LogP contribution in [0.25, 0.3) is 0 Å². The van der Waals surface area contributed by atoms with E-state index >= 15 is 0 Å². The minimum absolute atomic E-state index is 0.205. The van der Waals surface area contributed by atoms with Crippen LogP contribution in [0, 0.1) is 0 Å². The highest BCUT2D eigenvalue weighted by Crippen LogP contribution is 2.30. The van der Waals surface area contributed by atoms with E-state index in [4.69, 9.17) is 16.3 Å². The van der Waals surface area contributed by atoms with E-state index in [1.54, 1.807) is 13.1 Å². The second-order valence-corrected chi connectivity index (χ2v) is 5.40. The number of rotatable bonds is 4. The molecule has 1 aliphatic rings. The third kappa shape index (κ3) is 3.69. The highest BCUT2D eigenvalue weighted by Gasteiger charge is 2.20. The molecule has 0 N–H and O–H groups in total. The van der Waals surface area contributed by atoms with Crippen molar-refractivity contribution in [2.75, 3.05) is 6.61 Å². The summed E-state index contributed by atoms with van der Waals surface area (Å²) in [7, 11) is 0. The van der Waals surface area contributed by atoms with E-state index in [-0.39, 0.29) is 5.88 Å². The Morgan fingerprint density at radius 3 is 2.65 bits per heavy atom. The summed E-state index contributed by atoms with van der Waals surface area (Å²) in [6.07, 6.45) is 8.86. The summed E-state index contributed by atoms with van der Waals surface area (Å²) < 4.78 is 5.00. The predicted octanol–water partition coefficient (Wildman–Crippen LogP) is 3.83. The van der Waals surface area contributed by atoms with E-state index in [0.717, 1.165) is 18.7 Å². The predicted molar refractivity (Wildman–Crippen MR) is 78.0 cm³/mol. The lowest BCUT2D eigenvalue weighted by Crippen LogP contribution is -2.13.